The van der Waals surface area contributed by atoms with Crippen molar-refractivity contribution < 1.29 is 14.6 Å². The molecule has 0 saturated heterocycles. The third-order valence-corrected chi connectivity index (χ3v) is 3.21. The van der Waals surface area contributed by atoms with Crippen molar-refractivity contribution in [2.75, 3.05) is 7.11 Å². The Hall–Kier alpha value is -2.63. The largest absolute Gasteiger partial charge is 0.496 e. The van der Waals surface area contributed by atoms with Crippen molar-refractivity contribution in [2.45, 2.75) is 13.8 Å². The molecule has 0 aliphatic carbocycles. The molecule has 0 unspecified atom stereocenters. The molecule has 2 rings (SSSR count). The smallest absolute Gasteiger partial charge is 0.352 e. The van der Waals surface area contributed by atoms with Gasteiger partial charge in [-0.05, 0) is 43.2 Å². The number of rotatable bonds is 3. The van der Waals surface area contributed by atoms with Crippen molar-refractivity contribution in [3.05, 3.63) is 45.5 Å². The van der Waals surface area contributed by atoms with Gasteiger partial charge in [0.25, 0.3) is 0 Å². The van der Waals surface area contributed by atoms with Crippen LogP contribution in [-0.2, 0) is 0 Å². The molecule has 1 aromatic carbocycles. The summed E-state index contributed by atoms with van der Waals surface area (Å²) in [6.45, 7) is 3.76. The normalized spacial score (nSPS) is 10.3. The first-order valence-electron chi connectivity index (χ1n) is 5.93. The Morgan fingerprint density at radius 1 is 1.30 bits per heavy atom. The van der Waals surface area contributed by atoms with Crippen molar-refractivity contribution in [3.8, 4) is 17.0 Å². The van der Waals surface area contributed by atoms with E-state index in [1.807, 2.05) is 13.8 Å². The number of H-pyrrole nitrogens is 1. The SMILES string of the molecule is COc1ccc(-c2cc(C(=O)O)[nH]c(=O)n2)c(C)c1C. The molecule has 0 bridgehead atoms. The molecule has 2 aromatic rings. The number of carboxylic acid groups (broad SMARTS) is 1. The lowest BCUT2D eigenvalue weighted by Gasteiger charge is -2.12. The highest BCUT2D eigenvalue weighted by atomic mass is 16.5. The van der Waals surface area contributed by atoms with Crippen LogP contribution in [0.2, 0.25) is 0 Å². The standard InChI is InChI=1S/C14H14N2O4/c1-7-8(2)12(20-3)5-4-9(7)10-6-11(13(17)18)16-14(19)15-10/h4-6H,1-3H3,(H,17,18)(H,15,16,19). The number of hydrogen-bond acceptors (Lipinski definition) is 4. The van der Waals surface area contributed by atoms with Gasteiger partial charge in [0.05, 0.1) is 12.8 Å². The van der Waals surface area contributed by atoms with E-state index in [2.05, 4.69) is 9.97 Å². The van der Waals surface area contributed by atoms with E-state index in [-0.39, 0.29) is 5.69 Å². The molecule has 1 heterocycles. The van der Waals surface area contributed by atoms with Crippen molar-refractivity contribution in [2.24, 2.45) is 0 Å². The van der Waals surface area contributed by atoms with Gasteiger partial charge in [-0.2, -0.15) is 4.98 Å². The second-order valence-corrected chi connectivity index (χ2v) is 4.36. The zero-order valence-corrected chi connectivity index (χ0v) is 11.4. The summed E-state index contributed by atoms with van der Waals surface area (Å²) in [5, 5.41) is 8.97. The predicted octanol–water partition coefficient (Wildman–Crippen LogP) is 1.76. The maximum absolute atomic E-state index is 11.5. The molecule has 104 valence electrons. The number of ether oxygens (including phenoxy) is 1. The second-order valence-electron chi connectivity index (χ2n) is 4.36. The quantitative estimate of drug-likeness (QED) is 0.889. The predicted molar refractivity (Wildman–Crippen MR) is 73.3 cm³/mol. The van der Waals surface area contributed by atoms with Crippen LogP contribution in [0, 0.1) is 13.8 Å². The number of benzene rings is 1. The van der Waals surface area contributed by atoms with E-state index in [1.165, 1.54) is 6.07 Å². The van der Waals surface area contributed by atoms with Crippen molar-refractivity contribution in [1.29, 1.82) is 0 Å². The van der Waals surface area contributed by atoms with E-state index in [9.17, 15) is 9.59 Å². The third-order valence-electron chi connectivity index (χ3n) is 3.21. The summed E-state index contributed by atoms with van der Waals surface area (Å²) in [6, 6.07) is 4.87. The lowest BCUT2D eigenvalue weighted by atomic mass is 9.99. The number of carbonyl (C=O) groups is 1. The van der Waals surface area contributed by atoms with Crippen LogP contribution in [0.3, 0.4) is 0 Å². The van der Waals surface area contributed by atoms with Gasteiger partial charge in [0.15, 0.2) is 0 Å². The summed E-state index contributed by atoms with van der Waals surface area (Å²) in [7, 11) is 1.58. The molecule has 20 heavy (non-hydrogen) atoms. The minimum atomic E-state index is -1.20. The average Bonchev–Trinajstić information content (AvgIpc) is 2.41. The maximum Gasteiger partial charge on any atom is 0.352 e. The molecule has 0 aliphatic heterocycles. The van der Waals surface area contributed by atoms with Crippen molar-refractivity contribution >= 4 is 5.97 Å². The summed E-state index contributed by atoms with van der Waals surface area (Å²) >= 11 is 0. The van der Waals surface area contributed by atoms with Crippen LogP contribution < -0.4 is 10.4 Å². The fourth-order valence-electron chi connectivity index (χ4n) is 2.01. The number of aromatic amines is 1. The topological polar surface area (TPSA) is 92.3 Å². The first kappa shape index (κ1) is 13.8. The molecular weight excluding hydrogens is 260 g/mol. The second kappa shape index (κ2) is 5.16. The van der Waals surface area contributed by atoms with Gasteiger partial charge in [-0.3, -0.25) is 4.98 Å². The maximum atomic E-state index is 11.5. The van der Waals surface area contributed by atoms with Crippen LogP contribution >= 0.6 is 0 Å². The molecule has 0 aliphatic rings. The molecule has 2 N–H and O–H groups in total. The fourth-order valence-corrected chi connectivity index (χ4v) is 2.01. The zero-order valence-electron chi connectivity index (χ0n) is 11.4. The van der Waals surface area contributed by atoms with Gasteiger partial charge in [0.2, 0.25) is 0 Å². The molecule has 1 aromatic heterocycles. The van der Waals surface area contributed by atoms with Crippen molar-refractivity contribution in [3.63, 3.8) is 0 Å². The van der Waals surface area contributed by atoms with Gasteiger partial charge in [-0.1, -0.05) is 0 Å². The van der Waals surface area contributed by atoms with E-state index in [0.717, 1.165) is 16.9 Å². The summed E-state index contributed by atoms with van der Waals surface area (Å²) in [5.74, 6) is -0.469. The van der Waals surface area contributed by atoms with E-state index < -0.39 is 11.7 Å². The van der Waals surface area contributed by atoms with Gasteiger partial charge in [-0.15, -0.1) is 0 Å². The Morgan fingerprint density at radius 2 is 2.00 bits per heavy atom. The minimum absolute atomic E-state index is 0.187. The Labute approximate surface area is 115 Å². The fraction of sp³-hybridized carbons (Fsp3) is 0.214. The summed E-state index contributed by atoms with van der Waals surface area (Å²) in [4.78, 5) is 28.4. The summed E-state index contributed by atoms with van der Waals surface area (Å²) in [6.07, 6.45) is 0. The lowest BCUT2D eigenvalue weighted by molar-refractivity contribution is 0.0690. The molecule has 0 amide bonds. The Bertz CT molecular complexity index is 734. The molecule has 6 nitrogen and oxygen atoms in total. The average molecular weight is 274 g/mol. The molecule has 6 heteroatoms. The van der Waals surface area contributed by atoms with E-state index in [4.69, 9.17) is 9.84 Å². The lowest BCUT2D eigenvalue weighted by Crippen LogP contribution is -2.16. The van der Waals surface area contributed by atoms with Crippen LogP contribution in [0.5, 0.6) is 5.75 Å². The van der Waals surface area contributed by atoms with Gasteiger partial charge in [0.1, 0.15) is 11.4 Å². The van der Waals surface area contributed by atoms with E-state index in [0.29, 0.717) is 11.3 Å². The Morgan fingerprint density at radius 3 is 2.60 bits per heavy atom. The number of nitrogens with zero attached hydrogens (tertiary/aromatic N) is 1. The van der Waals surface area contributed by atoms with Crippen LogP contribution in [0.4, 0.5) is 0 Å². The Balaban J connectivity index is 2.66. The molecule has 0 saturated carbocycles. The number of aromatic carboxylic acids is 1. The van der Waals surface area contributed by atoms with Crippen molar-refractivity contribution in [1.82, 2.24) is 9.97 Å². The van der Waals surface area contributed by atoms with Gasteiger partial charge in [-0.25, -0.2) is 9.59 Å². The molecule has 0 atom stereocenters. The highest BCUT2D eigenvalue weighted by molar-refractivity contribution is 5.86. The van der Waals surface area contributed by atoms with E-state index >= 15 is 0 Å². The van der Waals surface area contributed by atoms with E-state index in [1.54, 1.807) is 19.2 Å². The summed E-state index contributed by atoms with van der Waals surface area (Å²) in [5.41, 5.74) is 1.97. The molecular formula is C14H14N2O4. The zero-order chi connectivity index (χ0) is 14.9. The van der Waals surface area contributed by atoms with Crippen LogP contribution in [0.25, 0.3) is 11.3 Å². The minimum Gasteiger partial charge on any atom is -0.496 e. The molecule has 0 radical (unpaired) electrons. The van der Waals surface area contributed by atoms with Crippen LogP contribution in [-0.4, -0.2) is 28.2 Å². The summed E-state index contributed by atoms with van der Waals surface area (Å²) < 4.78 is 5.22. The number of hydrogen-bond donors (Lipinski definition) is 2. The number of methoxy groups -OCH3 is 1. The first-order valence-corrected chi connectivity index (χ1v) is 5.93. The molecule has 0 spiro atoms. The van der Waals surface area contributed by atoms with Gasteiger partial charge in [0, 0.05) is 5.56 Å². The number of aromatic nitrogens is 2. The monoisotopic (exact) mass is 274 g/mol. The number of carboxylic acids is 1. The van der Waals surface area contributed by atoms with Crippen LogP contribution in [0.1, 0.15) is 21.6 Å². The number of nitrogens with one attached hydrogen (secondary N) is 1. The van der Waals surface area contributed by atoms with Gasteiger partial charge < -0.3 is 9.84 Å². The molecule has 0 fully saturated rings. The van der Waals surface area contributed by atoms with Gasteiger partial charge >= 0.3 is 11.7 Å². The highest BCUT2D eigenvalue weighted by Crippen LogP contribution is 2.29. The highest BCUT2D eigenvalue weighted by Gasteiger charge is 2.13. The van der Waals surface area contributed by atoms with Crippen LogP contribution in [0.15, 0.2) is 23.0 Å². The Kier molecular flexibility index (Phi) is 3.56. The third kappa shape index (κ3) is 2.40. The first-order chi connectivity index (χ1) is 9.43.